The van der Waals surface area contributed by atoms with Gasteiger partial charge in [-0.15, -0.1) is 0 Å². The van der Waals surface area contributed by atoms with Gasteiger partial charge in [-0.1, -0.05) is 15.9 Å². The van der Waals surface area contributed by atoms with Crippen LogP contribution in [-0.2, 0) is 0 Å². The number of carbonyl (C=O) groups is 1. The Morgan fingerprint density at radius 3 is 2.61 bits per heavy atom. The van der Waals surface area contributed by atoms with E-state index in [-0.39, 0.29) is 5.91 Å². The van der Waals surface area contributed by atoms with E-state index in [4.69, 9.17) is 0 Å². The first kappa shape index (κ1) is 12.6. The second-order valence-electron chi connectivity index (χ2n) is 5.16. The van der Waals surface area contributed by atoms with Crippen molar-refractivity contribution in [3.63, 3.8) is 0 Å². The first-order valence-electron chi connectivity index (χ1n) is 5.96. The molecule has 2 fully saturated rings. The van der Waals surface area contributed by atoms with Gasteiger partial charge in [0.05, 0.1) is 18.7 Å². The second kappa shape index (κ2) is 4.32. The van der Waals surface area contributed by atoms with Crippen molar-refractivity contribution < 1.29 is 9.90 Å². The molecular formula is C13H13Br2NO2. The van der Waals surface area contributed by atoms with Gasteiger partial charge in [-0.3, -0.25) is 4.79 Å². The number of carbonyl (C=O) groups excluding carboxylic acids is 1. The van der Waals surface area contributed by atoms with Gasteiger partial charge in [0.2, 0.25) is 0 Å². The SMILES string of the molecule is O=C(c1cc(Br)ccc1Br)N1CC(O)(C2CC2)C1. The third-order valence-electron chi connectivity index (χ3n) is 3.71. The molecule has 3 rings (SSSR count). The summed E-state index contributed by atoms with van der Waals surface area (Å²) in [6.45, 7) is 0.935. The quantitative estimate of drug-likeness (QED) is 0.864. The van der Waals surface area contributed by atoms with Crippen molar-refractivity contribution in [1.29, 1.82) is 0 Å². The van der Waals surface area contributed by atoms with E-state index >= 15 is 0 Å². The molecular weight excluding hydrogens is 362 g/mol. The van der Waals surface area contributed by atoms with E-state index in [9.17, 15) is 9.90 Å². The van der Waals surface area contributed by atoms with Crippen LogP contribution in [-0.4, -0.2) is 34.6 Å². The van der Waals surface area contributed by atoms with Crippen LogP contribution in [0.4, 0.5) is 0 Å². The van der Waals surface area contributed by atoms with Crippen LogP contribution in [0.2, 0.25) is 0 Å². The lowest BCUT2D eigenvalue weighted by atomic mass is 9.88. The van der Waals surface area contributed by atoms with Crippen molar-refractivity contribution >= 4 is 37.8 Å². The second-order valence-corrected chi connectivity index (χ2v) is 6.93. The third-order valence-corrected chi connectivity index (χ3v) is 4.90. The third kappa shape index (κ3) is 2.12. The van der Waals surface area contributed by atoms with Crippen LogP contribution in [0, 0.1) is 5.92 Å². The number of β-amino-alcohol motifs (C(OH)–C–C–N with tert-alkyl or cyclic N) is 1. The summed E-state index contributed by atoms with van der Waals surface area (Å²) < 4.78 is 1.67. The molecule has 5 heteroatoms. The fourth-order valence-electron chi connectivity index (χ4n) is 2.47. The van der Waals surface area contributed by atoms with E-state index < -0.39 is 5.60 Å². The lowest BCUT2D eigenvalue weighted by molar-refractivity contribution is -0.0958. The van der Waals surface area contributed by atoms with Gasteiger partial charge in [-0.2, -0.15) is 0 Å². The zero-order valence-electron chi connectivity index (χ0n) is 9.70. The standard InChI is InChI=1S/C13H13Br2NO2/c14-9-3-4-11(15)10(5-9)12(17)16-6-13(18,7-16)8-1-2-8/h3-5,8,18H,1-2,6-7H2. The van der Waals surface area contributed by atoms with Gasteiger partial charge in [-0.05, 0) is 52.9 Å². The Morgan fingerprint density at radius 1 is 1.33 bits per heavy atom. The molecule has 0 spiro atoms. The number of aliphatic hydroxyl groups is 1. The molecule has 1 aromatic carbocycles. The summed E-state index contributed by atoms with van der Waals surface area (Å²) in [7, 11) is 0. The molecule has 2 aliphatic rings. The normalized spacial score (nSPS) is 21.6. The first-order valence-corrected chi connectivity index (χ1v) is 7.55. The Kier molecular flexibility index (Phi) is 3.03. The predicted molar refractivity (Wildman–Crippen MR) is 75.4 cm³/mol. The summed E-state index contributed by atoms with van der Waals surface area (Å²) in [4.78, 5) is 14.0. The van der Waals surface area contributed by atoms with Gasteiger partial charge < -0.3 is 10.0 Å². The summed E-state index contributed by atoms with van der Waals surface area (Å²) >= 11 is 6.76. The van der Waals surface area contributed by atoms with E-state index in [1.54, 1.807) is 11.0 Å². The summed E-state index contributed by atoms with van der Waals surface area (Å²) in [5, 5.41) is 10.2. The highest BCUT2D eigenvalue weighted by molar-refractivity contribution is 9.11. The maximum Gasteiger partial charge on any atom is 0.255 e. The first-order chi connectivity index (χ1) is 8.49. The molecule has 0 atom stereocenters. The fraction of sp³-hybridized carbons (Fsp3) is 0.462. The van der Waals surface area contributed by atoms with E-state index in [1.807, 2.05) is 12.1 Å². The monoisotopic (exact) mass is 373 g/mol. The van der Waals surface area contributed by atoms with E-state index in [2.05, 4.69) is 31.9 Å². The number of benzene rings is 1. The van der Waals surface area contributed by atoms with Crippen LogP contribution in [0.1, 0.15) is 23.2 Å². The molecule has 1 aliphatic carbocycles. The Balaban J connectivity index is 1.74. The number of halogens is 2. The molecule has 0 radical (unpaired) electrons. The fourth-order valence-corrected chi connectivity index (χ4v) is 3.25. The number of hydrogen-bond donors (Lipinski definition) is 1. The molecule has 0 unspecified atom stereocenters. The maximum atomic E-state index is 12.3. The summed E-state index contributed by atoms with van der Waals surface area (Å²) in [5.41, 5.74) is 0.0240. The summed E-state index contributed by atoms with van der Waals surface area (Å²) in [6.07, 6.45) is 2.19. The van der Waals surface area contributed by atoms with Gasteiger partial charge in [-0.25, -0.2) is 0 Å². The molecule has 3 nitrogen and oxygen atoms in total. The van der Waals surface area contributed by atoms with E-state index in [0.29, 0.717) is 24.6 Å². The lowest BCUT2D eigenvalue weighted by Gasteiger charge is -2.47. The zero-order chi connectivity index (χ0) is 12.9. The largest absolute Gasteiger partial charge is 0.386 e. The molecule has 1 aliphatic heterocycles. The highest BCUT2D eigenvalue weighted by Gasteiger charge is 2.53. The van der Waals surface area contributed by atoms with Gasteiger partial charge in [0.1, 0.15) is 5.60 Å². The highest BCUT2D eigenvalue weighted by atomic mass is 79.9. The number of nitrogens with zero attached hydrogens (tertiary/aromatic N) is 1. The number of rotatable bonds is 2. The van der Waals surface area contributed by atoms with Gasteiger partial charge in [0.15, 0.2) is 0 Å². The van der Waals surface area contributed by atoms with Crippen molar-refractivity contribution in [1.82, 2.24) is 4.90 Å². The van der Waals surface area contributed by atoms with Crippen LogP contribution in [0.5, 0.6) is 0 Å². The van der Waals surface area contributed by atoms with Crippen LogP contribution < -0.4 is 0 Å². The molecule has 18 heavy (non-hydrogen) atoms. The highest BCUT2D eigenvalue weighted by Crippen LogP contribution is 2.45. The van der Waals surface area contributed by atoms with E-state index in [0.717, 1.165) is 21.8 Å². The average Bonchev–Trinajstić information content (AvgIpc) is 3.11. The Bertz CT molecular complexity index is 508. The van der Waals surface area contributed by atoms with Crippen LogP contribution in [0.15, 0.2) is 27.1 Å². The molecule has 1 amide bonds. The molecule has 0 aromatic heterocycles. The predicted octanol–water partition coefficient (Wildman–Crippen LogP) is 2.81. The molecule has 96 valence electrons. The van der Waals surface area contributed by atoms with Crippen molar-refractivity contribution in [2.75, 3.05) is 13.1 Å². The Morgan fingerprint density at radius 2 is 2.00 bits per heavy atom. The van der Waals surface area contributed by atoms with Crippen LogP contribution >= 0.6 is 31.9 Å². The van der Waals surface area contributed by atoms with Gasteiger partial charge >= 0.3 is 0 Å². The number of amides is 1. The number of likely N-dealkylation sites (tertiary alicyclic amines) is 1. The Labute approximate surface area is 122 Å². The molecule has 1 N–H and O–H groups in total. The minimum atomic E-state index is -0.617. The maximum absolute atomic E-state index is 12.3. The van der Waals surface area contributed by atoms with E-state index in [1.165, 1.54) is 0 Å². The molecule has 1 saturated carbocycles. The van der Waals surface area contributed by atoms with Crippen molar-refractivity contribution in [3.05, 3.63) is 32.7 Å². The molecule has 1 aromatic rings. The molecule has 1 heterocycles. The number of hydrogen-bond acceptors (Lipinski definition) is 2. The van der Waals surface area contributed by atoms with Crippen molar-refractivity contribution in [2.45, 2.75) is 18.4 Å². The zero-order valence-corrected chi connectivity index (χ0v) is 12.9. The summed E-state index contributed by atoms with van der Waals surface area (Å²) in [6, 6.07) is 5.54. The Hall–Kier alpha value is -0.390. The average molecular weight is 375 g/mol. The minimum Gasteiger partial charge on any atom is -0.386 e. The topological polar surface area (TPSA) is 40.5 Å². The smallest absolute Gasteiger partial charge is 0.255 e. The van der Waals surface area contributed by atoms with Crippen LogP contribution in [0.3, 0.4) is 0 Å². The molecule has 0 bridgehead atoms. The summed E-state index contributed by atoms with van der Waals surface area (Å²) in [5.74, 6) is 0.390. The van der Waals surface area contributed by atoms with Gasteiger partial charge in [0.25, 0.3) is 5.91 Å². The van der Waals surface area contributed by atoms with Gasteiger partial charge in [0, 0.05) is 8.95 Å². The van der Waals surface area contributed by atoms with Crippen LogP contribution in [0.25, 0.3) is 0 Å². The molecule has 1 saturated heterocycles. The van der Waals surface area contributed by atoms with Crippen molar-refractivity contribution in [2.24, 2.45) is 5.92 Å². The minimum absolute atomic E-state index is 0.0199. The van der Waals surface area contributed by atoms with Crippen molar-refractivity contribution in [3.8, 4) is 0 Å². The lowest BCUT2D eigenvalue weighted by Crippen LogP contribution is -2.64.